The van der Waals surface area contributed by atoms with Gasteiger partial charge in [-0.2, -0.15) is 0 Å². The fourth-order valence-electron chi connectivity index (χ4n) is 5.76. The number of halogens is 2. The van der Waals surface area contributed by atoms with Gasteiger partial charge < -0.3 is 30.4 Å². The largest absolute Gasteiger partial charge is 0.389 e. The third kappa shape index (κ3) is 9.04. The first kappa shape index (κ1) is 32.4. The highest BCUT2D eigenvalue weighted by Crippen LogP contribution is 2.26. The van der Waals surface area contributed by atoms with Crippen molar-refractivity contribution in [2.24, 2.45) is 0 Å². The minimum Gasteiger partial charge on any atom is -0.389 e. The van der Waals surface area contributed by atoms with E-state index in [2.05, 4.69) is 20.9 Å². The van der Waals surface area contributed by atoms with Crippen molar-refractivity contribution in [1.29, 1.82) is 0 Å². The van der Waals surface area contributed by atoms with Crippen LogP contribution in [-0.4, -0.2) is 51.9 Å². The van der Waals surface area contributed by atoms with Crippen LogP contribution in [0, 0.1) is 11.6 Å². The standard InChI is InChI=1S/C35H41F2N5O3/c1-2-8-32(40-28-14-13-25-15-27(36)16-31(37)30(25)17-28)35(44)41-34-20-42(23-39-34)33-12-7-6-11-26(33)18-38-19-29(43)22-45-21-24-9-4-3-5-10-24/h3-7,9-12,15-16,20,23,28-29,32,38,40,43H,2,8,13-14,17-19,21-22H2,1H3,(H,41,44)/t28-,29?,32-/m0/s1. The lowest BCUT2D eigenvalue weighted by atomic mass is 9.87. The number of anilines is 1. The fourth-order valence-corrected chi connectivity index (χ4v) is 5.76. The van der Waals surface area contributed by atoms with E-state index in [1.807, 2.05) is 66.1 Å². The van der Waals surface area contributed by atoms with Crippen LogP contribution in [0.25, 0.3) is 5.69 Å². The second kappa shape index (κ2) is 15.9. The Hall–Kier alpha value is -3.96. The molecule has 0 bridgehead atoms. The molecule has 0 fully saturated rings. The van der Waals surface area contributed by atoms with Gasteiger partial charge in [0.2, 0.25) is 5.91 Å². The Labute approximate surface area is 262 Å². The van der Waals surface area contributed by atoms with Crippen molar-refractivity contribution < 1.29 is 23.4 Å². The summed E-state index contributed by atoms with van der Waals surface area (Å²) in [5.74, 6) is -0.866. The van der Waals surface area contributed by atoms with Crippen molar-refractivity contribution in [1.82, 2.24) is 20.2 Å². The molecule has 1 aliphatic carbocycles. The molecule has 8 nitrogen and oxygen atoms in total. The van der Waals surface area contributed by atoms with Crippen LogP contribution in [0.4, 0.5) is 14.6 Å². The van der Waals surface area contributed by atoms with Crippen LogP contribution in [0.5, 0.6) is 0 Å². The first-order valence-electron chi connectivity index (χ1n) is 15.6. The Morgan fingerprint density at radius 2 is 1.93 bits per heavy atom. The first-order chi connectivity index (χ1) is 21.9. The molecule has 5 rings (SSSR count). The van der Waals surface area contributed by atoms with Gasteiger partial charge in [-0.05, 0) is 60.1 Å². The number of nitrogens with one attached hydrogen (secondary N) is 3. The van der Waals surface area contributed by atoms with Crippen LogP contribution in [0.1, 0.15) is 48.4 Å². The summed E-state index contributed by atoms with van der Waals surface area (Å²) in [6.07, 6.45) is 5.84. The minimum absolute atomic E-state index is 0.0920. The Balaban J connectivity index is 1.13. The maximum atomic E-state index is 14.4. The molecule has 4 aromatic rings. The lowest BCUT2D eigenvalue weighted by Gasteiger charge is -2.29. The first-order valence-corrected chi connectivity index (χ1v) is 15.6. The third-order valence-corrected chi connectivity index (χ3v) is 8.02. The molecule has 1 aliphatic rings. The molecule has 1 amide bonds. The van der Waals surface area contributed by atoms with Gasteiger partial charge in [-0.15, -0.1) is 0 Å². The van der Waals surface area contributed by atoms with E-state index in [1.54, 1.807) is 12.5 Å². The molecule has 0 saturated carbocycles. The highest BCUT2D eigenvalue weighted by atomic mass is 19.1. The van der Waals surface area contributed by atoms with Gasteiger partial charge in [0.05, 0.1) is 37.2 Å². The number of rotatable bonds is 15. The number of hydrogen-bond donors (Lipinski definition) is 4. The van der Waals surface area contributed by atoms with E-state index in [-0.39, 0.29) is 18.6 Å². The number of carbonyl (C=O) groups excluding carboxylic acids is 1. The van der Waals surface area contributed by atoms with Crippen molar-refractivity contribution in [2.45, 2.75) is 70.4 Å². The van der Waals surface area contributed by atoms with Gasteiger partial charge in [0.15, 0.2) is 5.82 Å². The molecule has 0 saturated heterocycles. The molecule has 0 aliphatic heterocycles. The summed E-state index contributed by atoms with van der Waals surface area (Å²) in [4.78, 5) is 17.7. The fraction of sp³-hybridized carbons (Fsp3) is 0.371. The smallest absolute Gasteiger partial charge is 0.242 e. The van der Waals surface area contributed by atoms with Gasteiger partial charge >= 0.3 is 0 Å². The van der Waals surface area contributed by atoms with E-state index < -0.39 is 23.8 Å². The maximum absolute atomic E-state index is 14.4. The van der Waals surface area contributed by atoms with Crippen LogP contribution in [-0.2, 0) is 35.5 Å². The van der Waals surface area contributed by atoms with Gasteiger partial charge in [0, 0.05) is 25.2 Å². The van der Waals surface area contributed by atoms with Crippen LogP contribution < -0.4 is 16.0 Å². The predicted octanol–water partition coefficient (Wildman–Crippen LogP) is 5.07. The van der Waals surface area contributed by atoms with Gasteiger partial charge in [0.1, 0.15) is 18.0 Å². The normalized spacial score (nSPS) is 15.8. The number of amides is 1. The number of fused-ring (bicyclic) bond motifs is 1. The maximum Gasteiger partial charge on any atom is 0.242 e. The highest BCUT2D eigenvalue weighted by Gasteiger charge is 2.27. The molecule has 1 unspecified atom stereocenters. The molecule has 3 aromatic carbocycles. The zero-order valence-electron chi connectivity index (χ0n) is 25.5. The van der Waals surface area contributed by atoms with E-state index in [1.165, 1.54) is 6.07 Å². The average molecular weight is 618 g/mol. The van der Waals surface area contributed by atoms with Gasteiger partial charge in [-0.1, -0.05) is 61.9 Å². The molecule has 4 N–H and O–H groups in total. The SMILES string of the molecule is CCC[C@H](N[C@H]1CCc2cc(F)cc(F)c2C1)C(=O)Nc1cn(-c2ccccc2CNCC(O)COCc2ccccc2)cn1. The van der Waals surface area contributed by atoms with Crippen molar-refractivity contribution in [3.8, 4) is 5.69 Å². The number of imidazole rings is 1. The zero-order chi connectivity index (χ0) is 31.6. The Morgan fingerprint density at radius 1 is 1.13 bits per heavy atom. The number of hydrogen-bond acceptors (Lipinski definition) is 6. The quantitative estimate of drug-likeness (QED) is 0.149. The van der Waals surface area contributed by atoms with E-state index in [0.717, 1.165) is 29.3 Å². The third-order valence-electron chi connectivity index (χ3n) is 8.02. The lowest BCUT2D eigenvalue weighted by Crippen LogP contribution is -2.48. The Morgan fingerprint density at radius 3 is 2.76 bits per heavy atom. The number of aliphatic hydroxyl groups excluding tert-OH is 1. The molecule has 10 heteroatoms. The van der Waals surface area contributed by atoms with Gasteiger partial charge in [-0.25, -0.2) is 13.8 Å². The van der Waals surface area contributed by atoms with Gasteiger partial charge in [-0.3, -0.25) is 4.79 Å². The van der Waals surface area contributed by atoms with Crippen LogP contribution in [0.2, 0.25) is 0 Å². The Kier molecular flexibility index (Phi) is 11.4. The van der Waals surface area contributed by atoms with E-state index in [9.17, 15) is 18.7 Å². The molecule has 3 atom stereocenters. The van der Waals surface area contributed by atoms with Crippen LogP contribution in [0.15, 0.2) is 79.3 Å². The number of ether oxygens (including phenoxy) is 1. The summed E-state index contributed by atoms with van der Waals surface area (Å²) in [7, 11) is 0. The summed E-state index contributed by atoms with van der Waals surface area (Å²) in [5.41, 5.74) is 4.18. The molecule has 0 spiro atoms. The Bertz CT molecular complexity index is 1550. The number of nitrogens with zero attached hydrogens (tertiary/aromatic N) is 2. The zero-order valence-corrected chi connectivity index (χ0v) is 25.5. The number of para-hydroxylation sites is 1. The van der Waals surface area contributed by atoms with Crippen LogP contribution in [0.3, 0.4) is 0 Å². The minimum atomic E-state index is -0.647. The molecular weight excluding hydrogens is 576 g/mol. The number of carbonyl (C=O) groups is 1. The summed E-state index contributed by atoms with van der Waals surface area (Å²) < 4.78 is 35.6. The van der Waals surface area contributed by atoms with Crippen LogP contribution >= 0.6 is 0 Å². The van der Waals surface area contributed by atoms with Crippen molar-refractivity contribution in [2.75, 3.05) is 18.5 Å². The van der Waals surface area contributed by atoms with E-state index in [4.69, 9.17) is 4.74 Å². The summed E-state index contributed by atoms with van der Waals surface area (Å²) >= 11 is 0. The van der Waals surface area contributed by atoms with Crippen molar-refractivity contribution in [3.05, 3.63) is 113 Å². The predicted molar refractivity (Wildman–Crippen MR) is 170 cm³/mol. The summed E-state index contributed by atoms with van der Waals surface area (Å²) in [5, 5.41) is 20.0. The van der Waals surface area contributed by atoms with Gasteiger partial charge in [0.25, 0.3) is 0 Å². The second-order valence-electron chi connectivity index (χ2n) is 11.5. The monoisotopic (exact) mass is 617 g/mol. The van der Waals surface area contributed by atoms with E-state index >= 15 is 0 Å². The molecule has 1 aromatic heterocycles. The highest BCUT2D eigenvalue weighted by molar-refractivity contribution is 5.94. The average Bonchev–Trinajstić information content (AvgIpc) is 3.50. The summed E-state index contributed by atoms with van der Waals surface area (Å²) in [6, 6.07) is 19.5. The molecule has 1 heterocycles. The topological polar surface area (TPSA) is 100 Å². The molecule has 45 heavy (non-hydrogen) atoms. The lowest BCUT2D eigenvalue weighted by molar-refractivity contribution is -0.118. The van der Waals surface area contributed by atoms with Crippen molar-refractivity contribution >= 4 is 11.7 Å². The molecular formula is C35H41F2N5O3. The summed E-state index contributed by atoms with van der Waals surface area (Å²) in [6.45, 7) is 3.58. The number of aliphatic hydroxyl groups is 1. The number of benzene rings is 3. The number of aryl methyl sites for hydroxylation is 1. The molecule has 0 radical (unpaired) electrons. The second-order valence-corrected chi connectivity index (χ2v) is 11.5. The number of aromatic nitrogens is 2. The van der Waals surface area contributed by atoms with E-state index in [0.29, 0.717) is 62.3 Å². The molecule has 238 valence electrons. The van der Waals surface area contributed by atoms with Crippen molar-refractivity contribution in [3.63, 3.8) is 0 Å².